The third-order valence-electron chi connectivity index (χ3n) is 2.52. The van der Waals surface area contributed by atoms with Gasteiger partial charge in [-0.1, -0.05) is 19.8 Å². The number of aliphatic hydroxyl groups is 1. The highest BCUT2D eigenvalue weighted by Crippen LogP contribution is 2.24. The fourth-order valence-electron chi connectivity index (χ4n) is 1.55. The van der Waals surface area contributed by atoms with Crippen LogP contribution in [0.2, 0.25) is 0 Å². The molecule has 0 aliphatic carbocycles. The Labute approximate surface area is 90.2 Å². The number of nitrogens with zero attached hydrogens (tertiary/aromatic N) is 1. The van der Waals surface area contributed by atoms with E-state index in [-0.39, 0.29) is 5.92 Å². The van der Waals surface area contributed by atoms with Gasteiger partial charge in [-0.25, -0.2) is 0 Å². The molecule has 1 rings (SSSR count). The van der Waals surface area contributed by atoms with Crippen LogP contribution in [-0.4, -0.2) is 16.4 Å². The molecule has 0 radical (unpaired) electrons. The molecule has 0 saturated heterocycles. The van der Waals surface area contributed by atoms with Gasteiger partial charge in [0.15, 0.2) is 0 Å². The van der Waals surface area contributed by atoms with E-state index >= 15 is 0 Å². The maximum atomic E-state index is 10.9. The van der Waals surface area contributed by atoms with E-state index < -0.39 is 6.10 Å². The van der Waals surface area contributed by atoms with Crippen LogP contribution in [0.15, 0.2) is 24.5 Å². The quantitative estimate of drug-likeness (QED) is 0.727. The number of carbonyl (C=O) groups excluding carboxylic acids is 1. The highest BCUT2D eigenvalue weighted by atomic mass is 16.3. The average Bonchev–Trinajstić information content (AvgIpc) is 2.31. The molecule has 1 heterocycles. The minimum Gasteiger partial charge on any atom is -0.388 e. The Morgan fingerprint density at radius 1 is 1.47 bits per heavy atom. The second kappa shape index (κ2) is 6.30. The minimum absolute atomic E-state index is 0.299. The SMILES string of the molecule is CCCC[C@@H](C=O)[C@@H](O)c1ccncc1. The second-order valence-corrected chi connectivity index (χ2v) is 3.67. The first-order valence-electron chi connectivity index (χ1n) is 5.33. The van der Waals surface area contributed by atoms with Crippen LogP contribution in [0.4, 0.5) is 0 Å². The summed E-state index contributed by atoms with van der Waals surface area (Å²) in [6, 6.07) is 3.49. The molecule has 0 spiro atoms. The van der Waals surface area contributed by atoms with Crippen LogP contribution in [0.1, 0.15) is 37.9 Å². The minimum atomic E-state index is -0.697. The summed E-state index contributed by atoms with van der Waals surface area (Å²) >= 11 is 0. The molecule has 3 nitrogen and oxygen atoms in total. The van der Waals surface area contributed by atoms with Crippen LogP contribution < -0.4 is 0 Å². The van der Waals surface area contributed by atoms with Crippen molar-refractivity contribution in [2.24, 2.45) is 5.92 Å². The topological polar surface area (TPSA) is 50.2 Å². The van der Waals surface area contributed by atoms with Crippen molar-refractivity contribution in [3.05, 3.63) is 30.1 Å². The van der Waals surface area contributed by atoms with Gasteiger partial charge in [-0.05, 0) is 24.1 Å². The molecule has 0 amide bonds. The Balaban J connectivity index is 2.64. The lowest BCUT2D eigenvalue weighted by Crippen LogP contribution is -2.14. The summed E-state index contributed by atoms with van der Waals surface area (Å²) in [5.41, 5.74) is 0.762. The van der Waals surface area contributed by atoms with Crippen molar-refractivity contribution in [2.75, 3.05) is 0 Å². The van der Waals surface area contributed by atoms with Crippen molar-refractivity contribution in [1.29, 1.82) is 0 Å². The van der Waals surface area contributed by atoms with Crippen molar-refractivity contribution >= 4 is 6.29 Å². The smallest absolute Gasteiger partial charge is 0.126 e. The fourth-order valence-corrected chi connectivity index (χ4v) is 1.55. The normalized spacial score (nSPS) is 14.5. The molecule has 1 aromatic heterocycles. The number of hydrogen-bond acceptors (Lipinski definition) is 3. The van der Waals surface area contributed by atoms with E-state index in [1.165, 1.54) is 0 Å². The molecular formula is C12H17NO2. The molecule has 15 heavy (non-hydrogen) atoms. The Morgan fingerprint density at radius 2 is 2.13 bits per heavy atom. The van der Waals surface area contributed by atoms with Crippen LogP contribution in [-0.2, 0) is 4.79 Å². The Bertz CT molecular complexity index is 287. The molecule has 3 heteroatoms. The maximum absolute atomic E-state index is 10.9. The lowest BCUT2D eigenvalue weighted by Gasteiger charge is -2.17. The van der Waals surface area contributed by atoms with E-state index in [1.54, 1.807) is 24.5 Å². The van der Waals surface area contributed by atoms with Gasteiger partial charge in [0.2, 0.25) is 0 Å². The third kappa shape index (κ3) is 3.44. The molecule has 0 unspecified atom stereocenters. The lowest BCUT2D eigenvalue weighted by molar-refractivity contribution is -0.114. The van der Waals surface area contributed by atoms with Crippen LogP contribution >= 0.6 is 0 Å². The van der Waals surface area contributed by atoms with Gasteiger partial charge in [-0.3, -0.25) is 4.98 Å². The summed E-state index contributed by atoms with van der Waals surface area (Å²) in [7, 11) is 0. The fraction of sp³-hybridized carbons (Fsp3) is 0.500. The molecule has 0 aliphatic heterocycles. The highest BCUT2D eigenvalue weighted by Gasteiger charge is 2.19. The Morgan fingerprint density at radius 3 is 2.67 bits per heavy atom. The molecule has 0 saturated carbocycles. The van der Waals surface area contributed by atoms with Crippen molar-refractivity contribution in [3.8, 4) is 0 Å². The summed E-state index contributed by atoms with van der Waals surface area (Å²) in [5.74, 6) is -0.299. The Kier molecular flexibility index (Phi) is 4.98. The van der Waals surface area contributed by atoms with Crippen molar-refractivity contribution in [1.82, 2.24) is 4.98 Å². The zero-order chi connectivity index (χ0) is 11.1. The summed E-state index contributed by atoms with van der Waals surface area (Å²) in [6.07, 6.45) is 6.14. The van der Waals surface area contributed by atoms with Crippen molar-refractivity contribution < 1.29 is 9.90 Å². The number of hydrogen-bond donors (Lipinski definition) is 1. The lowest BCUT2D eigenvalue weighted by atomic mass is 9.93. The molecule has 82 valence electrons. The first-order valence-corrected chi connectivity index (χ1v) is 5.33. The largest absolute Gasteiger partial charge is 0.388 e. The van der Waals surface area contributed by atoms with Crippen LogP contribution in [0, 0.1) is 5.92 Å². The molecule has 0 aliphatic rings. The molecular weight excluding hydrogens is 190 g/mol. The van der Waals surface area contributed by atoms with Gasteiger partial charge in [-0.15, -0.1) is 0 Å². The van der Waals surface area contributed by atoms with E-state index in [4.69, 9.17) is 0 Å². The van der Waals surface area contributed by atoms with Gasteiger partial charge in [0, 0.05) is 18.3 Å². The first-order chi connectivity index (χ1) is 7.29. The average molecular weight is 207 g/mol. The second-order valence-electron chi connectivity index (χ2n) is 3.67. The standard InChI is InChI=1S/C12H17NO2/c1-2-3-4-11(9-14)12(15)10-5-7-13-8-6-10/h5-9,11-12,15H,2-4H2,1H3/t11-,12-/m0/s1. The van der Waals surface area contributed by atoms with E-state index in [1.807, 2.05) is 0 Å². The van der Waals surface area contributed by atoms with Crippen LogP contribution in [0.3, 0.4) is 0 Å². The molecule has 0 fully saturated rings. The van der Waals surface area contributed by atoms with Gasteiger partial charge >= 0.3 is 0 Å². The zero-order valence-electron chi connectivity index (χ0n) is 8.97. The number of rotatable bonds is 6. The Hall–Kier alpha value is -1.22. The van der Waals surface area contributed by atoms with E-state index in [9.17, 15) is 9.90 Å². The van der Waals surface area contributed by atoms with Gasteiger partial charge in [0.05, 0.1) is 6.10 Å². The van der Waals surface area contributed by atoms with Crippen LogP contribution in [0.5, 0.6) is 0 Å². The molecule has 1 N–H and O–H groups in total. The molecule has 0 aromatic carbocycles. The van der Waals surface area contributed by atoms with Crippen LogP contribution in [0.25, 0.3) is 0 Å². The molecule has 1 aromatic rings. The summed E-state index contributed by atoms with van der Waals surface area (Å²) < 4.78 is 0. The first kappa shape index (κ1) is 11.9. The summed E-state index contributed by atoms with van der Waals surface area (Å²) in [4.78, 5) is 14.7. The van der Waals surface area contributed by atoms with E-state index in [0.29, 0.717) is 0 Å². The number of carbonyl (C=O) groups is 1. The predicted molar refractivity (Wildman–Crippen MR) is 58.3 cm³/mol. The monoisotopic (exact) mass is 207 g/mol. The molecule has 2 atom stereocenters. The number of pyridine rings is 1. The van der Waals surface area contributed by atoms with E-state index in [0.717, 1.165) is 31.1 Å². The number of aldehydes is 1. The van der Waals surface area contributed by atoms with Gasteiger partial charge < -0.3 is 9.90 Å². The molecule has 0 bridgehead atoms. The van der Waals surface area contributed by atoms with Gasteiger partial charge in [0.25, 0.3) is 0 Å². The predicted octanol–water partition coefficient (Wildman–Crippen LogP) is 2.12. The van der Waals surface area contributed by atoms with Crippen molar-refractivity contribution in [3.63, 3.8) is 0 Å². The summed E-state index contributed by atoms with van der Waals surface area (Å²) in [5, 5.41) is 9.95. The van der Waals surface area contributed by atoms with Crippen molar-refractivity contribution in [2.45, 2.75) is 32.3 Å². The maximum Gasteiger partial charge on any atom is 0.126 e. The number of unbranched alkanes of at least 4 members (excludes halogenated alkanes) is 1. The van der Waals surface area contributed by atoms with Gasteiger partial charge in [0.1, 0.15) is 6.29 Å². The number of aliphatic hydroxyl groups excluding tert-OH is 1. The van der Waals surface area contributed by atoms with E-state index in [2.05, 4.69) is 11.9 Å². The number of aromatic nitrogens is 1. The van der Waals surface area contributed by atoms with Gasteiger partial charge in [-0.2, -0.15) is 0 Å². The third-order valence-corrected chi connectivity index (χ3v) is 2.52. The summed E-state index contributed by atoms with van der Waals surface area (Å²) in [6.45, 7) is 2.07. The highest BCUT2D eigenvalue weighted by molar-refractivity contribution is 5.55. The zero-order valence-corrected chi connectivity index (χ0v) is 8.97.